The maximum Gasteiger partial charge on any atom is 0.344 e. The van der Waals surface area contributed by atoms with Crippen molar-refractivity contribution in [3.63, 3.8) is 0 Å². The topological polar surface area (TPSA) is 72.5 Å². The highest BCUT2D eigenvalue weighted by Gasteiger charge is 2.51. The molecule has 2 atom stereocenters. The minimum atomic E-state index is -2.97. The van der Waals surface area contributed by atoms with Gasteiger partial charge in [0.25, 0.3) is 0 Å². The van der Waals surface area contributed by atoms with Crippen LogP contribution in [0.3, 0.4) is 0 Å². The van der Waals surface area contributed by atoms with Gasteiger partial charge in [-0.1, -0.05) is 79.2 Å². The van der Waals surface area contributed by atoms with Crippen molar-refractivity contribution < 1.29 is 30.1 Å². The van der Waals surface area contributed by atoms with Crippen molar-refractivity contribution in [3.8, 4) is 0 Å². The number of ketones is 1. The van der Waals surface area contributed by atoms with Gasteiger partial charge in [-0.05, 0) is 91.9 Å². The van der Waals surface area contributed by atoms with Crippen molar-refractivity contribution in [1.29, 1.82) is 0 Å². The third-order valence-electron chi connectivity index (χ3n) is 4.29. The van der Waals surface area contributed by atoms with Gasteiger partial charge in [0.05, 0.1) is 6.23 Å². The fraction of sp³-hybridized carbons (Fsp3) is 0.903. The van der Waals surface area contributed by atoms with E-state index in [1.807, 2.05) is 26.2 Å². The Bertz CT molecular complexity index is 656. The largest absolute Gasteiger partial charge is 0.437 e. The maximum atomic E-state index is 12.3. The van der Waals surface area contributed by atoms with Crippen LogP contribution in [0.15, 0.2) is 13.2 Å². The first kappa shape index (κ1) is 70.7. The second kappa shape index (κ2) is 29.6. The minimum absolute atomic E-state index is 0. The number of hydrogen-bond acceptors (Lipinski definition) is 7. The molecule has 0 aliphatic rings. The lowest BCUT2D eigenvalue weighted by molar-refractivity contribution is -0.115. The van der Waals surface area contributed by atoms with E-state index in [1.165, 1.54) is 0 Å². The molecule has 0 bridgehead atoms. The molecule has 13 heteroatoms. The van der Waals surface area contributed by atoms with Crippen LogP contribution in [0.5, 0.6) is 0 Å². The van der Waals surface area contributed by atoms with Crippen molar-refractivity contribution >= 4 is 56.7 Å². The predicted octanol–water partition coefficient (Wildman–Crippen LogP) is 12.5. The number of carbonyl (C=O) groups is 1. The average Bonchev–Trinajstić information content (AvgIpc) is 2.56. The van der Waals surface area contributed by atoms with E-state index in [-0.39, 0.29) is 71.2 Å². The maximum absolute atomic E-state index is 12.3. The molecule has 0 saturated heterocycles. The average molecular weight is 744 g/mol. The van der Waals surface area contributed by atoms with E-state index in [2.05, 4.69) is 72.5 Å². The highest BCUT2D eigenvalue weighted by molar-refractivity contribution is 6.92. The van der Waals surface area contributed by atoms with E-state index in [0.29, 0.717) is 12.8 Å². The Balaban J connectivity index is -0.000000141. The summed E-state index contributed by atoms with van der Waals surface area (Å²) in [6.45, 7) is 35.7. The van der Waals surface area contributed by atoms with Crippen LogP contribution >= 0.6 is 0 Å². The van der Waals surface area contributed by atoms with Gasteiger partial charge in [0.2, 0.25) is 0 Å². The van der Waals surface area contributed by atoms with Gasteiger partial charge in [-0.3, -0.25) is 0 Å². The first-order valence-corrected chi connectivity index (χ1v) is 30.6. The molecule has 0 aliphatic carbocycles. The van der Waals surface area contributed by atoms with E-state index in [1.54, 1.807) is 6.92 Å². The van der Waals surface area contributed by atoms with Crippen LogP contribution in [-0.2, 0) is 30.1 Å². The first-order chi connectivity index (χ1) is 16.0. The molecule has 0 spiro atoms. The molecule has 0 saturated carbocycles. The monoisotopic (exact) mass is 743 g/mol. The Morgan fingerprint density at radius 3 is 1.18 bits per heavy atom. The van der Waals surface area contributed by atoms with E-state index in [4.69, 9.17) is 25.3 Å². The van der Waals surface area contributed by atoms with Crippen LogP contribution in [0.25, 0.3) is 0 Å². The van der Waals surface area contributed by atoms with Gasteiger partial charge < -0.3 is 30.1 Å². The molecule has 0 aromatic carbocycles. The van der Waals surface area contributed by atoms with Crippen LogP contribution in [0.2, 0.25) is 84.6 Å². The lowest BCUT2D eigenvalue weighted by Gasteiger charge is -2.44. The fourth-order valence-corrected chi connectivity index (χ4v) is 32.8. The Morgan fingerprint density at radius 2 is 0.886 bits per heavy atom. The van der Waals surface area contributed by atoms with Crippen LogP contribution in [0.4, 0.5) is 0 Å². The Morgan fingerprint density at radius 1 is 0.545 bits per heavy atom. The van der Waals surface area contributed by atoms with Gasteiger partial charge in [-0.2, -0.15) is 0 Å². The smallest absolute Gasteiger partial charge is 0.344 e. The summed E-state index contributed by atoms with van der Waals surface area (Å²) in [4.78, 5) is 12.3. The first-order valence-electron chi connectivity index (χ1n) is 13.1. The number of ether oxygens (including phenoxy) is 1. The van der Waals surface area contributed by atoms with Crippen molar-refractivity contribution in [2.75, 3.05) is 12.8 Å². The molecule has 0 aromatic rings. The van der Waals surface area contributed by atoms with E-state index in [0.717, 1.165) is 19.3 Å². The van der Waals surface area contributed by atoms with Gasteiger partial charge in [-0.15, -0.1) is 13.2 Å². The summed E-state index contributed by atoms with van der Waals surface area (Å²) in [5, 5.41) is 0. The molecular weight excluding hydrogens is 653 g/mol. The minimum Gasteiger partial charge on any atom is -0.437 e. The molecule has 0 radical (unpaired) electrons. The highest BCUT2D eigenvalue weighted by atomic mass is 28.5. The van der Waals surface area contributed by atoms with Crippen LogP contribution in [0.1, 0.15) is 92.5 Å². The summed E-state index contributed by atoms with van der Waals surface area (Å²) in [7, 11) is -14.5. The summed E-state index contributed by atoms with van der Waals surface area (Å²) >= 11 is 0. The van der Waals surface area contributed by atoms with Crippen LogP contribution < -0.4 is 0 Å². The molecular formula is C31H90O7Si6. The highest BCUT2D eigenvalue weighted by Crippen LogP contribution is 2.30. The fourth-order valence-electron chi connectivity index (χ4n) is 4.35. The molecule has 0 amide bonds. The van der Waals surface area contributed by atoms with E-state index >= 15 is 0 Å². The number of hydrogen-bond donors (Lipinski definition) is 0. The normalized spacial score (nSPS) is 13.5. The molecule has 7 nitrogen and oxygen atoms in total. The quantitative estimate of drug-likeness (QED) is 0.0786. The Kier molecular flexibility index (Phi) is 47.6. The molecule has 0 rings (SSSR count). The molecule has 0 aromatic heterocycles. The van der Waals surface area contributed by atoms with E-state index < -0.39 is 50.9 Å². The lowest BCUT2D eigenvalue weighted by Crippen LogP contribution is -2.63. The summed E-state index contributed by atoms with van der Waals surface area (Å²) < 4.78 is 39.4. The van der Waals surface area contributed by atoms with Crippen molar-refractivity contribution in [3.05, 3.63) is 13.2 Å². The zero-order valence-corrected chi connectivity index (χ0v) is 32.0. The summed E-state index contributed by atoms with van der Waals surface area (Å²) in [6.07, 6.45) is 3.68. The van der Waals surface area contributed by atoms with Crippen LogP contribution in [-0.4, -0.2) is 69.5 Å². The Hall–Kier alpha value is 0.471. The summed E-state index contributed by atoms with van der Waals surface area (Å²) in [6, 6.07) is 0.261. The molecule has 0 heterocycles. The number of Topliss-reactive ketones (excluding diaryl/α,β-unsaturated/α-hetero) is 1. The zero-order chi connectivity index (χ0) is 29.1. The SMILES string of the molecule is C.C.C.C.C.C.C.C.C=C.CCCCCOC[Si](C)(O[Si](C)(C)O[Si](C)(C)C)O[Si](C)(CC(C)=O)O[Si](C)(C)O[Si](C)(C)C. The molecule has 280 valence electrons. The Labute approximate surface area is 288 Å². The van der Waals surface area contributed by atoms with Gasteiger partial charge in [-0.25, -0.2) is 0 Å². The van der Waals surface area contributed by atoms with Gasteiger partial charge in [0.15, 0.2) is 16.6 Å². The number of unbranched alkanes of at least 4 members (excludes halogenated alkanes) is 2. The molecule has 0 fully saturated rings. The predicted molar refractivity (Wildman–Crippen MR) is 221 cm³/mol. The van der Waals surface area contributed by atoms with Crippen LogP contribution in [0, 0.1) is 0 Å². The number of rotatable bonds is 18. The van der Waals surface area contributed by atoms with Crippen molar-refractivity contribution in [2.45, 2.75) is 177 Å². The van der Waals surface area contributed by atoms with Gasteiger partial charge in [0.1, 0.15) is 5.78 Å². The second-order valence-corrected chi connectivity index (χ2v) is 35.7. The molecule has 0 aliphatic heterocycles. The lowest BCUT2D eigenvalue weighted by atomic mass is 10.3. The third kappa shape index (κ3) is 38.7. The van der Waals surface area contributed by atoms with E-state index in [9.17, 15) is 4.79 Å². The van der Waals surface area contributed by atoms with Gasteiger partial charge >= 0.3 is 34.2 Å². The standard InChI is InChI=1S/C21H54O7Si6.C2H4.8CH4/c1-15-16-17-18-23-20-34(14,27-32(11,12)25-30(6,7)8)28-33(13,19-21(2)22)26-31(9,10)24-29(3,4)5;1-2;;;;;;;;/h15-20H2,1-14H3;1-2H2;8*1H4. The zero-order valence-electron chi connectivity index (χ0n) is 26.0. The number of carbonyl (C=O) groups excluding carboxylic acids is 1. The summed E-state index contributed by atoms with van der Waals surface area (Å²) in [5.41, 5.74) is 0. The van der Waals surface area contributed by atoms with Gasteiger partial charge in [0, 0.05) is 12.7 Å². The third-order valence-corrected chi connectivity index (χ3v) is 25.8. The second-order valence-electron chi connectivity index (χ2n) is 12.4. The molecule has 44 heavy (non-hydrogen) atoms. The summed E-state index contributed by atoms with van der Waals surface area (Å²) in [5.74, 6) is 0.0574. The molecule has 0 N–H and O–H groups in total. The molecule has 2 unspecified atom stereocenters. The van der Waals surface area contributed by atoms with Crippen molar-refractivity contribution in [1.82, 2.24) is 0 Å². The van der Waals surface area contributed by atoms with Crippen molar-refractivity contribution in [2.24, 2.45) is 0 Å².